The van der Waals surface area contributed by atoms with E-state index < -0.39 is 10.0 Å². The Morgan fingerprint density at radius 1 is 1.33 bits per heavy atom. The minimum Gasteiger partial charge on any atom is -0.381 e. The highest BCUT2D eigenvalue weighted by molar-refractivity contribution is 7.89. The van der Waals surface area contributed by atoms with Gasteiger partial charge in [0.25, 0.3) is 0 Å². The molecule has 1 aliphatic rings. The molecule has 0 bridgehead atoms. The smallest absolute Gasteiger partial charge is 0.242 e. The monoisotopic (exact) mass is 331 g/mol. The molecule has 1 aromatic rings. The van der Waals surface area contributed by atoms with Crippen LogP contribution in [-0.2, 0) is 20.6 Å². The zero-order chi connectivity index (χ0) is 15.5. The molecule has 1 aliphatic heterocycles. The quantitative estimate of drug-likeness (QED) is 0.779. The highest BCUT2D eigenvalue weighted by atomic mass is 35.5. The fourth-order valence-electron chi connectivity index (χ4n) is 2.52. The Morgan fingerprint density at radius 2 is 2.00 bits per heavy atom. The number of ether oxygens (including phenoxy) is 1. The highest BCUT2D eigenvalue weighted by Gasteiger charge is 2.25. The molecule has 0 radical (unpaired) electrons. The van der Waals surface area contributed by atoms with E-state index in [0.29, 0.717) is 23.2 Å². The summed E-state index contributed by atoms with van der Waals surface area (Å²) in [7, 11) is -1.81. The molecule has 1 fully saturated rings. The Hall–Kier alpha value is -0.620. The molecule has 21 heavy (non-hydrogen) atoms. The maximum Gasteiger partial charge on any atom is 0.242 e. The first-order valence-electron chi connectivity index (χ1n) is 7.14. The van der Waals surface area contributed by atoms with Crippen LogP contribution < -0.4 is 0 Å². The SMILES string of the molecule is Cc1ccc(S(=O)(=O)N(C)CC2CCOCC2)cc1CCl. The zero-order valence-electron chi connectivity index (χ0n) is 12.5. The van der Waals surface area contributed by atoms with E-state index in [2.05, 4.69) is 0 Å². The Bertz CT molecular complexity index is 583. The van der Waals surface area contributed by atoms with Crippen LogP contribution in [0.4, 0.5) is 0 Å². The molecule has 0 spiro atoms. The molecule has 0 amide bonds. The van der Waals surface area contributed by atoms with Crippen molar-refractivity contribution in [3.05, 3.63) is 29.3 Å². The van der Waals surface area contributed by atoms with Crippen LogP contribution >= 0.6 is 11.6 Å². The number of alkyl halides is 1. The van der Waals surface area contributed by atoms with Gasteiger partial charge < -0.3 is 4.74 Å². The van der Waals surface area contributed by atoms with Gasteiger partial charge in [-0.05, 0) is 48.9 Å². The van der Waals surface area contributed by atoms with Crippen molar-refractivity contribution in [2.45, 2.75) is 30.5 Å². The van der Waals surface area contributed by atoms with Gasteiger partial charge in [0, 0.05) is 32.7 Å². The number of hydrogen-bond acceptors (Lipinski definition) is 3. The molecular formula is C15H22ClNO3S. The molecular weight excluding hydrogens is 310 g/mol. The summed E-state index contributed by atoms with van der Waals surface area (Å²) in [5.41, 5.74) is 1.87. The van der Waals surface area contributed by atoms with Gasteiger partial charge in [-0.15, -0.1) is 11.6 Å². The summed E-state index contributed by atoms with van der Waals surface area (Å²) in [6.45, 7) is 3.91. The first-order chi connectivity index (χ1) is 9.95. The van der Waals surface area contributed by atoms with Gasteiger partial charge in [-0.3, -0.25) is 0 Å². The maximum absolute atomic E-state index is 12.6. The van der Waals surface area contributed by atoms with Crippen molar-refractivity contribution in [2.75, 3.05) is 26.8 Å². The van der Waals surface area contributed by atoms with Crippen LogP contribution in [0.2, 0.25) is 0 Å². The molecule has 0 aliphatic carbocycles. The van der Waals surface area contributed by atoms with Crippen molar-refractivity contribution in [3.63, 3.8) is 0 Å². The number of rotatable bonds is 5. The number of hydrogen-bond donors (Lipinski definition) is 0. The van der Waals surface area contributed by atoms with Crippen LogP contribution in [0, 0.1) is 12.8 Å². The Kier molecular flexibility index (Phi) is 5.66. The third-order valence-corrected chi connectivity index (χ3v) is 6.14. The predicted molar refractivity (Wildman–Crippen MR) is 84.1 cm³/mol. The zero-order valence-corrected chi connectivity index (χ0v) is 14.1. The lowest BCUT2D eigenvalue weighted by Crippen LogP contribution is -2.34. The summed E-state index contributed by atoms with van der Waals surface area (Å²) in [6.07, 6.45) is 1.83. The second-order valence-electron chi connectivity index (χ2n) is 5.56. The average molecular weight is 332 g/mol. The Labute approximate surface area is 132 Å². The van der Waals surface area contributed by atoms with Crippen molar-refractivity contribution in [1.29, 1.82) is 0 Å². The summed E-state index contributed by atoms with van der Waals surface area (Å²) in [5, 5.41) is 0. The largest absolute Gasteiger partial charge is 0.381 e. The molecule has 6 heteroatoms. The molecule has 0 unspecified atom stereocenters. The number of benzene rings is 1. The van der Waals surface area contributed by atoms with Crippen LogP contribution in [0.15, 0.2) is 23.1 Å². The summed E-state index contributed by atoms with van der Waals surface area (Å²) < 4.78 is 32.0. The third kappa shape index (κ3) is 3.97. The molecule has 0 aromatic heterocycles. The highest BCUT2D eigenvalue weighted by Crippen LogP contribution is 2.23. The van der Waals surface area contributed by atoms with Crippen molar-refractivity contribution in [2.24, 2.45) is 5.92 Å². The molecule has 1 heterocycles. The normalized spacial score (nSPS) is 17.3. The van der Waals surface area contributed by atoms with Crippen LogP contribution in [0.25, 0.3) is 0 Å². The summed E-state index contributed by atoms with van der Waals surface area (Å²) in [5.74, 6) is 0.690. The van der Waals surface area contributed by atoms with Crippen LogP contribution in [0.3, 0.4) is 0 Å². The van der Waals surface area contributed by atoms with E-state index in [1.165, 1.54) is 4.31 Å². The summed E-state index contributed by atoms with van der Waals surface area (Å²) >= 11 is 5.87. The van der Waals surface area contributed by atoms with E-state index >= 15 is 0 Å². The van der Waals surface area contributed by atoms with Gasteiger partial charge in [0.1, 0.15) is 0 Å². The van der Waals surface area contributed by atoms with Gasteiger partial charge >= 0.3 is 0 Å². The number of aryl methyl sites for hydroxylation is 1. The fourth-order valence-corrected chi connectivity index (χ4v) is 4.11. The van der Waals surface area contributed by atoms with Gasteiger partial charge in [0.15, 0.2) is 0 Å². The summed E-state index contributed by atoms with van der Waals surface area (Å²) in [4.78, 5) is 0.318. The molecule has 118 valence electrons. The molecule has 4 nitrogen and oxygen atoms in total. The number of nitrogens with zero attached hydrogens (tertiary/aromatic N) is 1. The molecule has 1 aromatic carbocycles. The van der Waals surface area contributed by atoms with Gasteiger partial charge in [0.2, 0.25) is 10.0 Å². The van der Waals surface area contributed by atoms with Crippen molar-refractivity contribution >= 4 is 21.6 Å². The minimum atomic E-state index is -3.45. The lowest BCUT2D eigenvalue weighted by atomic mass is 10.0. The topological polar surface area (TPSA) is 46.6 Å². The Morgan fingerprint density at radius 3 is 2.62 bits per heavy atom. The molecule has 0 atom stereocenters. The van der Waals surface area contributed by atoms with E-state index in [9.17, 15) is 8.42 Å². The van der Waals surface area contributed by atoms with E-state index in [1.807, 2.05) is 13.0 Å². The third-order valence-electron chi connectivity index (χ3n) is 4.03. The number of halogens is 1. The van der Waals surface area contributed by atoms with E-state index in [-0.39, 0.29) is 0 Å². The Balaban J connectivity index is 2.16. The lowest BCUT2D eigenvalue weighted by molar-refractivity contribution is 0.0620. The number of sulfonamides is 1. The second kappa shape index (κ2) is 7.09. The second-order valence-corrected chi connectivity index (χ2v) is 7.88. The summed E-state index contributed by atoms with van der Waals surface area (Å²) in [6, 6.07) is 5.15. The van der Waals surface area contributed by atoms with Crippen LogP contribution in [0.5, 0.6) is 0 Å². The maximum atomic E-state index is 12.6. The van der Waals surface area contributed by atoms with Crippen LogP contribution in [-0.4, -0.2) is 39.5 Å². The van der Waals surface area contributed by atoms with Crippen LogP contribution in [0.1, 0.15) is 24.0 Å². The van der Waals surface area contributed by atoms with Gasteiger partial charge in [-0.1, -0.05) is 6.07 Å². The van der Waals surface area contributed by atoms with E-state index in [4.69, 9.17) is 16.3 Å². The van der Waals surface area contributed by atoms with Gasteiger partial charge in [0.05, 0.1) is 4.90 Å². The van der Waals surface area contributed by atoms with E-state index in [0.717, 1.165) is 37.2 Å². The molecule has 0 saturated carbocycles. The lowest BCUT2D eigenvalue weighted by Gasteiger charge is -2.26. The standard InChI is InChI=1S/C15H22ClNO3S/c1-12-3-4-15(9-14(12)10-16)21(18,19)17(2)11-13-5-7-20-8-6-13/h3-4,9,13H,5-8,10-11H2,1-2H3. The first-order valence-corrected chi connectivity index (χ1v) is 9.12. The minimum absolute atomic E-state index is 0.318. The first kappa shape index (κ1) is 16.7. The fraction of sp³-hybridized carbons (Fsp3) is 0.600. The molecule has 2 rings (SSSR count). The average Bonchev–Trinajstić information content (AvgIpc) is 2.48. The van der Waals surface area contributed by atoms with Gasteiger partial charge in [-0.2, -0.15) is 0 Å². The van der Waals surface area contributed by atoms with Crippen molar-refractivity contribution in [1.82, 2.24) is 4.31 Å². The molecule has 0 N–H and O–H groups in total. The van der Waals surface area contributed by atoms with Crippen molar-refractivity contribution < 1.29 is 13.2 Å². The van der Waals surface area contributed by atoms with E-state index in [1.54, 1.807) is 19.2 Å². The predicted octanol–water partition coefficient (Wildman–Crippen LogP) is 2.78. The van der Waals surface area contributed by atoms with Crippen molar-refractivity contribution in [3.8, 4) is 0 Å². The molecule has 1 saturated heterocycles. The van der Waals surface area contributed by atoms with Gasteiger partial charge in [-0.25, -0.2) is 12.7 Å².